The monoisotopic (exact) mass is 218 g/mol. The van der Waals surface area contributed by atoms with Gasteiger partial charge in [0, 0.05) is 17.8 Å². The second-order valence-electron chi connectivity index (χ2n) is 4.00. The van der Waals surface area contributed by atoms with E-state index >= 15 is 0 Å². The second kappa shape index (κ2) is 5.54. The fourth-order valence-corrected chi connectivity index (χ4v) is 1.81. The largest absolute Gasteiger partial charge is 0.494 e. The van der Waals surface area contributed by atoms with Gasteiger partial charge in [-0.05, 0) is 31.4 Å². The van der Waals surface area contributed by atoms with E-state index < -0.39 is 0 Å². The quantitative estimate of drug-likeness (QED) is 0.790. The molecule has 0 saturated heterocycles. The third-order valence-corrected chi connectivity index (χ3v) is 2.78. The zero-order valence-electron chi connectivity index (χ0n) is 9.65. The molecule has 3 nitrogen and oxygen atoms in total. The lowest BCUT2D eigenvalue weighted by Gasteiger charge is -2.16. The number of hydrogen-bond donors (Lipinski definition) is 1. The first-order chi connectivity index (χ1) is 7.88. The minimum absolute atomic E-state index is 0.141. The predicted octanol–water partition coefficient (Wildman–Crippen LogP) is 2.88. The standard InChI is InChI=1S/C13H18N2O/c1-2-11-6-5-7-12(15-14-11)10-13-8-3-4-9-16-13/h3-4,7-9,13,15H,2,5-6,10H2,1H3. The first-order valence-electron chi connectivity index (χ1n) is 5.87. The van der Waals surface area contributed by atoms with Crippen LogP contribution >= 0.6 is 0 Å². The van der Waals surface area contributed by atoms with E-state index in [-0.39, 0.29) is 6.10 Å². The van der Waals surface area contributed by atoms with Gasteiger partial charge >= 0.3 is 0 Å². The molecule has 0 saturated carbocycles. The Morgan fingerprint density at radius 2 is 2.44 bits per heavy atom. The van der Waals surface area contributed by atoms with Crippen LogP contribution in [0.4, 0.5) is 0 Å². The number of allylic oxidation sites excluding steroid dienone is 3. The smallest absolute Gasteiger partial charge is 0.122 e. The van der Waals surface area contributed by atoms with Crippen molar-refractivity contribution in [2.45, 2.75) is 38.7 Å². The van der Waals surface area contributed by atoms with Crippen LogP contribution in [0, 0.1) is 0 Å². The minimum atomic E-state index is 0.141. The summed E-state index contributed by atoms with van der Waals surface area (Å²) in [6.07, 6.45) is 14.1. The van der Waals surface area contributed by atoms with Gasteiger partial charge in [-0.3, -0.25) is 5.43 Å². The van der Waals surface area contributed by atoms with Gasteiger partial charge in [0.2, 0.25) is 0 Å². The average molecular weight is 218 g/mol. The molecule has 2 aliphatic heterocycles. The molecule has 2 heterocycles. The van der Waals surface area contributed by atoms with Gasteiger partial charge in [-0.25, -0.2) is 0 Å². The number of nitrogens with zero attached hydrogens (tertiary/aromatic N) is 1. The first kappa shape index (κ1) is 11.0. The van der Waals surface area contributed by atoms with Crippen LogP contribution in [0.5, 0.6) is 0 Å². The molecule has 1 atom stereocenters. The van der Waals surface area contributed by atoms with E-state index in [1.807, 2.05) is 12.2 Å². The highest BCUT2D eigenvalue weighted by molar-refractivity contribution is 5.84. The van der Waals surface area contributed by atoms with Gasteiger partial charge in [-0.15, -0.1) is 0 Å². The summed E-state index contributed by atoms with van der Waals surface area (Å²) < 4.78 is 5.48. The Bertz CT molecular complexity index is 353. The fourth-order valence-electron chi connectivity index (χ4n) is 1.81. The fraction of sp³-hybridized carbons (Fsp3) is 0.462. The molecule has 16 heavy (non-hydrogen) atoms. The van der Waals surface area contributed by atoms with E-state index in [2.05, 4.69) is 29.6 Å². The number of hydrazone groups is 1. The van der Waals surface area contributed by atoms with Crippen molar-refractivity contribution < 1.29 is 4.74 Å². The van der Waals surface area contributed by atoms with Crippen LogP contribution in [0.3, 0.4) is 0 Å². The van der Waals surface area contributed by atoms with Crippen LogP contribution in [-0.2, 0) is 4.74 Å². The zero-order valence-corrected chi connectivity index (χ0v) is 9.65. The molecule has 1 N–H and O–H groups in total. The van der Waals surface area contributed by atoms with Crippen LogP contribution in [0.15, 0.2) is 41.4 Å². The average Bonchev–Trinajstić information content (AvgIpc) is 2.56. The maximum absolute atomic E-state index is 5.48. The lowest BCUT2D eigenvalue weighted by molar-refractivity contribution is 0.181. The normalized spacial score (nSPS) is 23.9. The molecule has 2 aliphatic rings. The Morgan fingerprint density at radius 3 is 3.19 bits per heavy atom. The molecule has 2 rings (SSSR count). The Labute approximate surface area is 96.6 Å². The number of rotatable bonds is 3. The van der Waals surface area contributed by atoms with Crippen molar-refractivity contribution in [1.82, 2.24) is 5.43 Å². The molecular formula is C13H18N2O. The lowest BCUT2D eigenvalue weighted by atomic mass is 10.1. The van der Waals surface area contributed by atoms with E-state index in [9.17, 15) is 0 Å². The second-order valence-corrected chi connectivity index (χ2v) is 4.00. The van der Waals surface area contributed by atoms with Gasteiger partial charge in [0.25, 0.3) is 0 Å². The summed E-state index contributed by atoms with van der Waals surface area (Å²) in [6, 6.07) is 0. The van der Waals surface area contributed by atoms with Crippen LogP contribution in [-0.4, -0.2) is 11.8 Å². The van der Waals surface area contributed by atoms with Crippen LogP contribution in [0.1, 0.15) is 32.6 Å². The number of ether oxygens (including phenoxy) is 1. The molecule has 1 unspecified atom stereocenters. The van der Waals surface area contributed by atoms with Crippen LogP contribution in [0.25, 0.3) is 0 Å². The SMILES string of the molecule is CCC1=NNC(CC2C=CC=CO2)=CCC1. The maximum atomic E-state index is 5.48. The molecule has 0 fully saturated rings. The molecular weight excluding hydrogens is 200 g/mol. The van der Waals surface area contributed by atoms with Crippen molar-refractivity contribution in [3.05, 3.63) is 36.3 Å². The van der Waals surface area contributed by atoms with E-state index in [1.54, 1.807) is 6.26 Å². The summed E-state index contributed by atoms with van der Waals surface area (Å²) >= 11 is 0. The Balaban J connectivity index is 1.90. The summed E-state index contributed by atoms with van der Waals surface area (Å²) in [5, 5.41) is 4.39. The minimum Gasteiger partial charge on any atom is -0.494 e. The van der Waals surface area contributed by atoms with E-state index in [1.165, 1.54) is 5.71 Å². The first-order valence-corrected chi connectivity index (χ1v) is 5.87. The van der Waals surface area contributed by atoms with Crippen molar-refractivity contribution in [2.75, 3.05) is 0 Å². The van der Waals surface area contributed by atoms with E-state index in [0.29, 0.717) is 0 Å². The molecule has 0 radical (unpaired) electrons. The summed E-state index contributed by atoms with van der Waals surface area (Å²) in [5.74, 6) is 0. The van der Waals surface area contributed by atoms with E-state index in [4.69, 9.17) is 4.74 Å². The molecule has 0 aromatic carbocycles. The van der Waals surface area contributed by atoms with Gasteiger partial charge < -0.3 is 4.74 Å². The van der Waals surface area contributed by atoms with Gasteiger partial charge in [-0.2, -0.15) is 5.10 Å². The van der Waals surface area contributed by atoms with Crippen LogP contribution in [0.2, 0.25) is 0 Å². The van der Waals surface area contributed by atoms with E-state index in [0.717, 1.165) is 31.4 Å². The summed E-state index contributed by atoms with van der Waals surface area (Å²) in [4.78, 5) is 0. The van der Waals surface area contributed by atoms with Gasteiger partial charge in [0.1, 0.15) is 6.10 Å². The van der Waals surface area contributed by atoms with Gasteiger partial charge in [-0.1, -0.05) is 19.1 Å². The highest BCUT2D eigenvalue weighted by atomic mass is 16.5. The molecule has 0 bridgehead atoms. The summed E-state index contributed by atoms with van der Waals surface area (Å²) in [7, 11) is 0. The summed E-state index contributed by atoms with van der Waals surface area (Å²) in [5.41, 5.74) is 5.54. The lowest BCUT2D eigenvalue weighted by Crippen LogP contribution is -2.15. The zero-order chi connectivity index (χ0) is 11.2. The van der Waals surface area contributed by atoms with Crippen molar-refractivity contribution in [2.24, 2.45) is 5.10 Å². The Hall–Kier alpha value is -1.51. The van der Waals surface area contributed by atoms with Crippen LogP contribution < -0.4 is 5.43 Å². The van der Waals surface area contributed by atoms with Gasteiger partial charge in [0.05, 0.1) is 6.26 Å². The highest BCUT2D eigenvalue weighted by Crippen LogP contribution is 2.15. The predicted molar refractivity (Wildman–Crippen MR) is 65.9 cm³/mol. The Kier molecular flexibility index (Phi) is 3.81. The Morgan fingerprint density at radius 1 is 1.50 bits per heavy atom. The summed E-state index contributed by atoms with van der Waals surface area (Å²) in [6.45, 7) is 2.14. The molecule has 0 aromatic heterocycles. The maximum Gasteiger partial charge on any atom is 0.122 e. The molecule has 0 aromatic rings. The molecule has 0 spiro atoms. The number of nitrogens with one attached hydrogen (secondary N) is 1. The van der Waals surface area contributed by atoms with Crippen molar-refractivity contribution in [3.63, 3.8) is 0 Å². The number of hydrogen-bond acceptors (Lipinski definition) is 3. The molecule has 3 heteroatoms. The van der Waals surface area contributed by atoms with Crippen molar-refractivity contribution in [3.8, 4) is 0 Å². The third kappa shape index (κ3) is 2.99. The van der Waals surface area contributed by atoms with Crippen molar-refractivity contribution in [1.29, 1.82) is 0 Å². The van der Waals surface area contributed by atoms with Crippen molar-refractivity contribution >= 4 is 5.71 Å². The highest BCUT2D eigenvalue weighted by Gasteiger charge is 2.11. The molecule has 0 amide bonds. The van der Waals surface area contributed by atoms with Gasteiger partial charge in [0.15, 0.2) is 0 Å². The third-order valence-electron chi connectivity index (χ3n) is 2.78. The topological polar surface area (TPSA) is 33.6 Å². The molecule has 86 valence electrons. The molecule has 0 aliphatic carbocycles.